The van der Waals surface area contributed by atoms with Crippen LogP contribution in [0.15, 0.2) is 18.5 Å². The number of aldehydes is 1. The lowest BCUT2D eigenvalue weighted by Crippen LogP contribution is -2.24. The molecule has 0 amide bonds. The van der Waals surface area contributed by atoms with Crippen LogP contribution >= 0.6 is 0 Å². The number of aliphatic hydroxyl groups is 1. The third-order valence-corrected chi connectivity index (χ3v) is 1.81. The zero-order valence-electron chi connectivity index (χ0n) is 7.11. The van der Waals surface area contributed by atoms with Crippen molar-refractivity contribution in [3.63, 3.8) is 0 Å². The second kappa shape index (κ2) is 3.03. The van der Waals surface area contributed by atoms with Crippen molar-refractivity contribution in [1.82, 2.24) is 4.98 Å². The lowest BCUT2D eigenvalue weighted by molar-refractivity contribution is -0.123. The monoisotopic (exact) mass is 165 g/mol. The third kappa shape index (κ3) is 1.51. The molecule has 1 aromatic heterocycles. The van der Waals surface area contributed by atoms with E-state index in [1.165, 1.54) is 13.1 Å². The number of rotatable bonds is 2. The number of pyridine rings is 1. The molecule has 1 rings (SSSR count). The van der Waals surface area contributed by atoms with E-state index in [2.05, 4.69) is 4.98 Å². The normalized spacial score (nSPS) is 15.2. The molecule has 3 heteroatoms. The first-order chi connectivity index (χ1) is 5.58. The Balaban J connectivity index is 3.19. The Morgan fingerprint density at radius 2 is 2.33 bits per heavy atom. The maximum absolute atomic E-state index is 10.5. The zero-order chi connectivity index (χ0) is 9.19. The van der Waals surface area contributed by atoms with E-state index in [0.29, 0.717) is 11.8 Å². The fourth-order valence-electron chi connectivity index (χ4n) is 1.06. The largest absolute Gasteiger partial charge is 0.378 e. The van der Waals surface area contributed by atoms with Gasteiger partial charge in [-0.2, -0.15) is 0 Å². The van der Waals surface area contributed by atoms with Gasteiger partial charge in [-0.3, -0.25) is 9.78 Å². The van der Waals surface area contributed by atoms with Crippen molar-refractivity contribution >= 4 is 6.29 Å². The van der Waals surface area contributed by atoms with Crippen molar-refractivity contribution < 1.29 is 9.90 Å². The van der Waals surface area contributed by atoms with Gasteiger partial charge in [0.1, 0.15) is 5.60 Å². The Bertz CT molecular complexity index is 294. The average molecular weight is 165 g/mol. The van der Waals surface area contributed by atoms with Gasteiger partial charge < -0.3 is 5.11 Å². The van der Waals surface area contributed by atoms with E-state index in [9.17, 15) is 9.90 Å². The number of hydrogen-bond donors (Lipinski definition) is 1. The molecular weight excluding hydrogens is 154 g/mol. The Hall–Kier alpha value is -1.22. The smallest absolute Gasteiger partial charge is 0.155 e. The Morgan fingerprint density at radius 3 is 2.83 bits per heavy atom. The van der Waals surface area contributed by atoms with E-state index in [0.717, 1.165) is 5.56 Å². The summed E-state index contributed by atoms with van der Waals surface area (Å²) in [4.78, 5) is 14.3. The molecule has 0 spiro atoms. The van der Waals surface area contributed by atoms with Gasteiger partial charge in [-0.15, -0.1) is 0 Å². The number of aryl methyl sites for hydroxylation is 1. The minimum absolute atomic E-state index is 0.511. The summed E-state index contributed by atoms with van der Waals surface area (Å²) >= 11 is 0. The molecule has 0 bridgehead atoms. The first-order valence-corrected chi connectivity index (χ1v) is 3.68. The van der Waals surface area contributed by atoms with E-state index in [1.54, 1.807) is 12.3 Å². The molecule has 1 N–H and O–H groups in total. The Labute approximate surface area is 71.1 Å². The SMILES string of the molecule is Cc1ccncc1C(C)(O)C=O. The molecule has 0 saturated carbocycles. The molecule has 0 radical (unpaired) electrons. The first kappa shape index (κ1) is 8.87. The van der Waals surface area contributed by atoms with Gasteiger partial charge in [-0.1, -0.05) is 0 Å². The molecule has 1 aromatic rings. The summed E-state index contributed by atoms with van der Waals surface area (Å²) in [6.07, 6.45) is 3.64. The minimum atomic E-state index is -1.42. The van der Waals surface area contributed by atoms with Crippen LogP contribution in [0.5, 0.6) is 0 Å². The molecular formula is C9H11NO2. The van der Waals surface area contributed by atoms with Crippen LogP contribution in [0.25, 0.3) is 0 Å². The summed E-state index contributed by atoms with van der Waals surface area (Å²) in [7, 11) is 0. The molecule has 12 heavy (non-hydrogen) atoms. The molecule has 1 unspecified atom stereocenters. The van der Waals surface area contributed by atoms with Crippen LogP contribution < -0.4 is 0 Å². The third-order valence-electron chi connectivity index (χ3n) is 1.81. The van der Waals surface area contributed by atoms with Crippen LogP contribution in [0, 0.1) is 6.92 Å². The van der Waals surface area contributed by atoms with Gasteiger partial charge >= 0.3 is 0 Å². The van der Waals surface area contributed by atoms with Crippen LogP contribution in [0.3, 0.4) is 0 Å². The number of carbonyl (C=O) groups excluding carboxylic acids is 1. The van der Waals surface area contributed by atoms with Crippen molar-refractivity contribution in [3.8, 4) is 0 Å². The van der Waals surface area contributed by atoms with Gasteiger partial charge in [0, 0.05) is 18.0 Å². The maximum atomic E-state index is 10.5. The molecule has 0 saturated heterocycles. The van der Waals surface area contributed by atoms with Crippen molar-refractivity contribution in [3.05, 3.63) is 29.6 Å². The molecule has 1 heterocycles. The van der Waals surface area contributed by atoms with Crippen molar-refractivity contribution in [2.24, 2.45) is 0 Å². The first-order valence-electron chi connectivity index (χ1n) is 3.68. The Morgan fingerprint density at radius 1 is 1.67 bits per heavy atom. The lowest BCUT2D eigenvalue weighted by atomic mass is 9.96. The minimum Gasteiger partial charge on any atom is -0.378 e. The summed E-state index contributed by atoms with van der Waals surface area (Å²) in [6.45, 7) is 3.28. The lowest BCUT2D eigenvalue weighted by Gasteiger charge is -2.17. The van der Waals surface area contributed by atoms with Crippen molar-refractivity contribution in [2.75, 3.05) is 0 Å². The van der Waals surface area contributed by atoms with Crippen LogP contribution in [0.4, 0.5) is 0 Å². The van der Waals surface area contributed by atoms with E-state index >= 15 is 0 Å². The molecule has 3 nitrogen and oxygen atoms in total. The number of aromatic nitrogens is 1. The second-order valence-electron chi connectivity index (χ2n) is 2.96. The summed E-state index contributed by atoms with van der Waals surface area (Å²) < 4.78 is 0. The number of hydrogen-bond acceptors (Lipinski definition) is 3. The highest BCUT2D eigenvalue weighted by Crippen LogP contribution is 2.19. The molecule has 1 atom stereocenters. The van der Waals surface area contributed by atoms with Gasteiger partial charge in [-0.25, -0.2) is 0 Å². The molecule has 0 aliphatic carbocycles. The van der Waals surface area contributed by atoms with E-state index in [-0.39, 0.29) is 0 Å². The van der Waals surface area contributed by atoms with E-state index in [4.69, 9.17) is 0 Å². The van der Waals surface area contributed by atoms with Crippen molar-refractivity contribution in [2.45, 2.75) is 19.4 Å². The molecule has 0 aliphatic rings. The summed E-state index contributed by atoms with van der Waals surface area (Å²) in [5, 5.41) is 9.57. The van der Waals surface area contributed by atoms with Gasteiger partial charge in [-0.05, 0) is 25.5 Å². The van der Waals surface area contributed by atoms with Gasteiger partial charge in [0.25, 0.3) is 0 Å². The van der Waals surface area contributed by atoms with Crippen molar-refractivity contribution in [1.29, 1.82) is 0 Å². The van der Waals surface area contributed by atoms with Gasteiger partial charge in [0.15, 0.2) is 6.29 Å². The highest BCUT2D eigenvalue weighted by atomic mass is 16.3. The Kier molecular flexibility index (Phi) is 2.24. The fraction of sp³-hybridized carbons (Fsp3) is 0.333. The van der Waals surface area contributed by atoms with E-state index in [1.807, 2.05) is 6.92 Å². The van der Waals surface area contributed by atoms with Crippen LogP contribution in [0.1, 0.15) is 18.1 Å². The molecule has 64 valence electrons. The topological polar surface area (TPSA) is 50.2 Å². The maximum Gasteiger partial charge on any atom is 0.155 e. The highest BCUT2D eigenvalue weighted by molar-refractivity contribution is 5.65. The van der Waals surface area contributed by atoms with Crippen LogP contribution in [-0.4, -0.2) is 16.4 Å². The van der Waals surface area contributed by atoms with Gasteiger partial charge in [0.2, 0.25) is 0 Å². The average Bonchev–Trinajstić information content (AvgIpc) is 2.05. The van der Waals surface area contributed by atoms with Gasteiger partial charge in [0.05, 0.1) is 0 Å². The van der Waals surface area contributed by atoms with Crippen LogP contribution in [0.2, 0.25) is 0 Å². The summed E-state index contributed by atoms with van der Waals surface area (Å²) in [5.74, 6) is 0. The quantitative estimate of drug-likeness (QED) is 0.659. The predicted octanol–water partition coefficient (Wildman–Crippen LogP) is 0.796. The highest BCUT2D eigenvalue weighted by Gasteiger charge is 2.23. The second-order valence-corrected chi connectivity index (χ2v) is 2.96. The summed E-state index contributed by atoms with van der Waals surface area (Å²) in [6, 6.07) is 1.76. The summed E-state index contributed by atoms with van der Waals surface area (Å²) in [5.41, 5.74) is 0.000301. The number of nitrogens with zero attached hydrogens (tertiary/aromatic N) is 1. The standard InChI is InChI=1S/C9H11NO2/c1-7-3-4-10-5-8(7)9(2,12)6-11/h3-6,12H,1-2H3. The van der Waals surface area contributed by atoms with E-state index < -0.39 is 5.60 Å². The molecule has 0 aromatic carbocycles. The predicted molar refractivity (Wildman–Crippen MR) is 44.6 cm³/mol. The number of carbonyl (C=O) groups is 1. The van der Waals surface area contributed by atoms with Crippen LogP contribution in [-0.2, 0) is 10.4 Å². The fourth-order valence-corrected chi connectivity index (χ4v) is 1.06. The molecule has 0 aliphatic heterocycles. The molecule has 0 fully saturated rings. The zero-order valence-corrected chi connectivity index (χ0v) is 7.11.